The van der Waals surface area contributed by atoms with Gasteiger partial charge in [-0.2, -0.15) is 0 Å². The summed E-state index contributed by atoms with van der Waals surface area (Å²) in [6.45, 7) is 5.01. The maximum absolute atomic E-state index is 11.4. The molecule has 1 fully saturated rings. The second-order valence-corrected chi connectivity index (χ2v) is 4.73. The smallest absolute Gasteiger partial charge is 0.223 e. The quantitative estimate of drug-likeness (QED) is 0.824. The summed E-state index contributed by atoms with van der Waals surface area (Å²) in [4.78, 5) is 11.4. The van der Waals surface area contributed by atoms with Crippen LogP contribution in [-0.4, -0.2) is 12.5 Å². The molecule has 1 amide bonds. The van der Waals surface area contributed by atoms with Gasteiger partial charge in [-0.25, -0.2) is 0 Å². The average Bonchev–Trinajstić information content (AvgIpc) is 3.07. The van der Waals surface area contributed by atoms with Gasteiger partial charge in [0.2, 0.25) is 5.91 Å². The molecule has 0 heterocycles. The maximum atomic E-state index is 11.4. The van der Waals surface area contributed by atoms with Gasteiger partial charge in [0.25, 0.3) is 0 Å². The van der Waals surface area contributed by atoms with Gasteiger partial charge in [-0.3, -0.25) is 4.79 Å². The monoisotopic (exact) mass is 217 g/mol. The van der Waals surface area contributed by atoms with Crippen LogP contribution in [0, 0.1) is 19.8 Å². The molecule has 0 aliphatic heterocycles. The van der Waals surface area contributed by atoms with Crippen LogP contribution in [0.1, 0.15) is 29.5 Å². The summed E-state index contributed by atoms with van der Waals surface area (Å²) in [6.07, 6.45) is 3.09. The summed E-state index contributed by atoms with van der Waals surface area (Å²) >= 11 is 0. The number of rotatable bonds is 4. The Morgan fingerprint density at radius 1 is 1.31 bits per heavy atom. The van der Waals surface area contributed by atoms with Crippen LogP contribution in [0.3, 0.4) is 0 Å². The molecule has 0 atom stereocenters. The molecule has 86 valence electrons. The molecule has 0 bridgehead atoms. The fourth-order valence-corrected chi connectivity index (χ4v) is 1.78. The second-order valence-electron chi connectivity index (χ2n) is 4.73. The van der Waals surface area contributed by atoms with Gasteiger partial charge in [0, 0.05) is 12.5 Å². The lowest BCUT2D eigenvalue weighted by Gasteiger charge is -2.06. The van der Waals surface area contributed by atoms with E-state index in [1.807, 2.05) is 0 Å². The van der Waals surface area contributed by atoms with Crippen LogP contribution < -0.4 is 5.32 Å². The van der Waals surface area contributed by atoms with E-state index in [0.717, 1.165) is 25.8 Å². The Morgan fingerprint density at radius 3 is 2.69 bits per heavy atom. The van der Waals surface area contributed by atoms with E-state index in [4.69, 9.17) is 0 Å². The van der Waals surface area contributed by atoms with Crippen molar-refractivity contribution in [1.82, 2.24) is 5.32 Å². The number of carbonyl (C=O) groups excluding carboxylic acids is 1. The van der Waals surface area contributed by atoms with Crippen molar-refractivity contribution in [1.29, 1.82) is 0 Å². The first-order valence-electron chi connectivity index (χ1n) is 6.00. The Morgan fingerprint density at radius 2 is 2.06 bits per heavy atom. The van der Waals surface area contributed by atoms with Gasteiger partial charge in [-0.1, -0.05) is 18.2 Å². The molecule has 0 aromatic heterocycles. The summed E-state index contributed by atoms with van der Waals surface area (Å²) in [5, 5.41) is 2.99. The highest BCUT2D eigenvalue weighted by Gasteiger charge is 2.28. The minimum absolute atomic E-state index is 0.240. The van der Waals surface area contributed by atoms with Crippen LogP contribution in [0.25, 0.3) is 0 Å². The van der Waals surface area contributed by atoms with Crippen LogP contribution >= 0.6 is 0 Å². The van der Waals surface area contributed by atoms with Gasteiger partial charge in [0.1, 0.15) is 0 Å². The van der Waals surface area contributed by atoms with Crippen LogP contribution in [0.15, 0.2) is 18.2 Å². The van der Waals surface area contributed by atoms with Crippen molar-refractivity contribution in [2.75, 3.05) is 6.54 Å². The van der Waals surface area contributed by atoms with E-state index in [1.165, 1.54) is 16.7 Å². The number of aryl methyl sites for hydroxylation is 2. The van der Waals surface area contributed by atoms with Crippen molar-refractivity contribution in [3.8, 4) is 0 Å². The predicted octanol–water partition coefficient (Wildman–Crippen LogP) is 2.37. The molecule has 1 N–H and O–H groups in total. The van der Waals surface area contributed by atoms with Gasteiger partial charge in [-0.15, -0.1) is 0 Å². The molecular weight excluding hydrogens is 198 g/mol. The summed E-state index contributed by atoms with van der Waals surface area (Å²) < 4.78 is 0. The zero-order chi connectivity index (χ0) is 11.5. The second kappa shape index (κ2) is 4.69. The van der Waals surface area contributed by atoms with Crippen LogP contribution in [0.4, 0.5) is 0 Å². The van der Waals surface area contributed by atoms with Crippen molar-refractivity contribution >= 4 is 5.91 Å². The van der Waals surface area contributed by atoms with Crippen LogP contribution in [-0.2, 0) is 11.2 Å². The van der Waals surface area contributed by atoms with Crippen LogP contribution in [0.5, 0.6) is 0 Å². The maximum Gasteiger partial charge on any atom is 0.223 e. The van der Waals surface area contributed by atoms with Crippen molar-refractivity contribution < 1.29 is 4.79 Å². The van der Waals surface area contributed by atoms with Crippen molar-refractivity contribution in [2.45, 2.75) is 33.1 Å². The summed E-state index contributed by atoms with van der Waals surface area (Å²) in [5.41, 5.74) is 3.95. The molecule has 2 nitrogen and oxygen atoms in total. The molecule has 16 heavy (non-hydrogen) atoms. The zero-order valence-electron chi connectivity index (χ0n) is 10.0. The predicted molar refractivity (Wildman–Crippen MR) is 65.4 cm³/mol. The highest BCUT2D eigenvalue weighted by Crippen LogP contribution is 2.28. The first-order chi connectivity index (χ1) is 7.66. The van der Waals surface area contributed by atoms with E-state index in [-0.39, 0.29) is 5.91 Å². The third-order valence-electron chi connectivity index (χ3n) is 3.23. The number of nitrogens with one attached hydrogen (secondary N) is 1. The fraction of sp³-hybridized carbons (Fsp3) is 0.500. The number of hydrogen-bond acceptors (Lipinski definition) is 1. The molecule has 1 aromatic carbocycles. The third kappa shape index (κ3) is 2.84. The van der Waals surface area contributed by atoms with Gasteiger partial charge >= 0.3 is 0 Å². The van der Waals surface area contributed by atoms with E-state index in [1.54, 1.807) is 0 Å². The molecule has 0 spiro atoms. The Labute approximate surface area is 97.1 Å². The highest BCUT2D eigenvalue weighted by molar-refractivity contribution is 5.80. The minimum atomic E-state index is 0.240. The van der Waals surface area contributed by atoms with Gasteiger partial charge < -0.3 is 5.32 Å². The van der Waals surface area contributed by atoms with E-state index >= 15 is 0 Å². The summed E-state index contributed by atoms with van der Waals surface area (Å²) in [5.74, 6) is 0.559. The Bertz CT molecular complexity index is 394. The molecule has 0 saturated heterocycles. The number of benzene rings is 1. The lowest BCUT2D eigenvalue weighted by Crippen LogP contribution is -2.26. The molecule has 1 aromatic rings. The number of amides is 1. The highest BCUT2D eigenvalue weighted by atomic mass is 16.2. The third-order valence-corrected chi connectivity index (χ3v) is 3.23. The zero-order valence-corrected chi connectivity index (χ0v) is 10.0. The normalized spacial score (nSPS) is 14.9. The Balaban J connectivity index is 1.80. The molecule has 2 heteroatoms. The largest absolute Gasteiger partial charge is 0.356 e. The van der Waals surface area contributed by atoms with E-state index < -0.39 is 0 Å². The Kier molecular flexibility index (Phi) is 3.28. The molecule has 0 radical (unpaired) electrons. The van der Waals surface area contributed by atoms with E-state index in [0.29, 0.717) is 5.92 Å². The molecule has 1 aliphatic carbocycles. The number of carbonyl (C=O) groups is 1. The molecule has 1 aliphatic rings. The van der Waals surface area contributed by atoms with Crippen molar-refractivity contribution in [2.24, 2.45) is 5.92 Å². The first kappa shape index (κ1) is 11.2. The summed E-state index contributed by atoms with van der Waals surface area (Å²) in [6, 6.07) is 6.50. The van der Waals surface area contributed by atoms with E-state index in [9.17, 15) is 4.79 Å². The average molecular weight is 217 g/mol. The summed E-state index contributed by atoms with van der Waals surface area (Å²) in [7, 11) is 0. The van der Waals surface area contributed by atoms with Crippen LogP contribution in [0.2, 0.25) is 0 Å². The molecule has 2 rings (SSSR count). The fourth-order valence-electron chi connectivity index (χ4n) is 1.78. The van der Waals surface area contributed by atoms with Gasteiger partial charge in [0.15, 0.2) is 0 Å². The van der Waals surface area contributed by atoms with Gasteiger partial charge in [-0.05, 0) is 49.8 Å². The van der Waals surface area contributed by atoms with Crippen molar-refractivity contribution in [3.63, 3.8) is 0 Å². The lowest BCUT2D eigenvalue weighted by molar-refractivity contribution is -0.122. The molecule has 0 unspecified atom stereocenters. The topological polar surface area (TPSA) is 29.1 Å². The SMILES string of the molecule is Cc1ccc(CCNC(=O)C2CC2)cc1C. The van der Waals surface area contributed by atoms with E-state index in [2.05, 4.69) is 37.4 Å². The standard InChI is InChI=1S/C14H19NO/c1-10-3-4-12(9-11(10)2)7-8-15-14(16)13-5-6-13/h3-4,9,13H,5-8H2,1-2H3,(H,15,16). The number of hydrogen-bond donors (Lipinski definition) is 1. The van der Waals surface area contributed by atoms with Gasteiger partial charge in [0.05, 0.1) is 0 Å². The minimum Gasteiger partial charge on any atom is -0.356 e. The molecular formula is C14H19NO. The first-order valence-corrected chi connectivity index (χ1v) is 6.00. The molecule has 1 saturated carbocycles. The van der Waals surface area contributed by atoms with Crippen molar-refractivity contribution in [3.05, 3.63) is 34.9 Å². The Hall–Kier alpha value is -1.31. The lowest BCUT2D eigenvalue weighted by atomic mass is 10.0.